The minimum Gasteiger partial charge on any atom is -0.375 e. The zero-order chi connectivity index (χ0) is 18.0. The molecule has 24 heavy (non-hydrogen) atoms. The maximum atomic E-state index is 13.3. The number of hydrogen-bond acceptors (Lipinski definition) is 3. The van der Waals surface area contributed by atoms with Crippen molar-refractivity contribution in [3.8, 4) is 11.1 Å². The highest BCUT2D eigenvalue weighted by Gasteiger charge is 2.55. The van der Waals surface area contributed by atoms with Gasteiger partial charge in [-0.15, -0.1) is 0 Å². The van der Waals surface area contributed by atoms with E-state index in [2.05, 4.69) is 4.98 Å². The predicted octanol–water partition coefficient (Wildman–Crippen LogP) is 5.21. The molecule has 1 aromatic heterocycles. The van der Waals surface area contributed by atoms with Crippen LogP contribution in [-0.2, 0) is 5.60 Å². The summed E-state index contributed by atoms with van der Waals surface area (Å²) in [6.45, 7) is 1.90. The molecule has 0 aliphatic rings. The summed E-state index contributed by atoms with van der Waals surface area (Å²) in [5, 5.41) is 10.7. The fraction of sp³-hybridized carbons (Fsp3) is 0.353. The monoisotopic (exact) mass is 375 g/mol. The van der Waals surface area contributed by atoms with Crippen molar-refractivity contribution in [3.63, 3.8) is 0 Å². The van der Waals surface area contributed by atoms with Crippen LogP contribution in [0.25, 0.3) is 11.1 Å². The van der Waals surface area contributed by atoms with Gasteiger partial charge in [-0.05, 0) is 43.0 Å². The van der Waals surface area contributed by atoms with Gasteiger partial charge in [-0.3, -0.25) is 4.98 Å². The highest BCUT2D eigenvalue weighted by molar-refractivity contribution is 7.98. The summed E-state index contributed by atoms with van der Waals surface area (Å²) < 4.78 is 40.0. The third-order valence-electron chi connectivity index (χ3n) is 3.76. The lowest BCUT2D eigenvalue weighted by molar-refractivity contribution is -0.268. The standard InChI is InChI=1S/C17H17ClF3NOS/c1-11-3-5-13(14(18)9-11)12-4-6-15(22-10-12)16(23,7-8-24-2)17(19,20)21/h3-6,9-10,23H,7-8H2,1-2H3. The van der Waals surface area contributed by atoms with Crippen LogP contribution in [0.15, 0.2) is 36.5 Å². The number of aromatic nitrogens is 1. The summed E-state index contributed by atoms with van der Waals surface area (Å²) in [6, 6.07) is 8.13. The molecule has 2 nitrogen and oxygen atoms in total. The molecule has 1 atom stereocenters. The largest absolute Gasteiger partial charge is 0.423 e. The van der Waals surface area contributed by atoms with Crippen LogP contribution in [-0.4, -0.2) is 28.3 Å². The van der Waals surface area contributed by atoms with Gasteiger partial charge in [0, 0.05) is 22.3 Å². The molecule has 0 aliphatic carbocycles. The van der Waals surface area contributed by atoms with Gasteiger partial charge in [0.25, 0.3) is 0 Å². The molecule has 0 saturated carbocycles. The second kappa shape index (κ2) is 7.33. The van der Waals surface area contributed by atoms with E-state index in [9.17, 15) is 18.3 Å². The average molecular weight is 376 g/mol. The predicted molar refractivity (Wildman–Crippen MR) is 92.4 cm³/mol. The van der Waals surface area contributed by atoms with Crippen molar-refractivity contribution in [2.24, 2.45) is 0 Å². The van der Waals surface area contributed by atoms with Crippen LogP contribution >= 0.6 is 23.4 Å². The highest BCUT2D eigenvalue weighted by Crippen LogP contribution is 2.41. The molecule has 0 spiro atoms. The first-order valence-corrected chi connectivity index (χ1v) is 8.97. The lowest BCUT2D eigenvalue weighted by Gasteiger charge is -2.29. The molecule has 0 fully saturated rings. The Bertz CT molecular complexity index is 706. The Labute approximate surface area is 148 Å². The van der Waals surface area contributed by atoms with Crippen LogP contribution in [0.1, 0.15) is 17.7 Å². The zero-order valence-electron chi connectivity index (χ0n) is 13.2. The first-order valence-electron chi connectivity index (χ1n) is 7.20. The van der Waals surface area contributed by atoms with Crippen molar-refractivity contribution in [2.45, 2.75) is 25.1 Å². The molecule has 2 aromatic rings. The van der Waals surface area contributed by atoms with E-state index in [1.165, 1.54) is 30.1 Å². The van der Waals surface area contributed by atoms with E-state index in [1.807, 2.05) is 13.0 Å². The Balaban J connectivity index is 2.39. The number of benzene rings is 1. The Hall–Kier alpha value is -1.24. The summed E-state index contributed by atoms with van der Waals surface area (Å²) in [5.74, 6) is 0.170. The summed E-state index contributed by atoms with van der Waals surface area (Å²) in [4.78, 5) is 3.87. The zero-order valence-corrected chi connectivity index (χ0v) is 14.8. The number of aliphatic hydroxyl groups is 1. The van der Waals surface area contributed by atoms with Crippen LogP contribution in [0.4, 0.5) is 13.2 Å². The fourth-order valence-corrected chi connectivity index (χ4v) is 3.16. The lowest BCUT2D eigenvalue weighted by Crippen LogP contribution is -2.43. The number of nitrogens with zero attached hydrogens (tertiary/aromatic N) is 1. The average Bonchev–Trinajstić information content (AvgIpc) is 2.52. The normalized spacial score (nSPS) is 14.5. The maximum absolute atomic E-state index is 13.3. The molecule has 1 heterocycles. The Morgan fingerprint density at radius 2 is 1.92 bits per heavy atom. The van der Waals surface area contributed by atoms with E-state index in [-0.39, 0.29) is 5.75 Å². The first kappa shape index (κ1) is 19.1. The van der Waals surface area contributed by atoms with Crippen molar-refractivity contribution in [3.05, 3.63) is 52.8 Å². The topological polar surface area (TPSA) is 33.1 Å². The fourth-order valence-electron chi connectivity index (χ4n) is 2.32. The second-order valence-electron chi connectivity index (χ2n) is 5.52. The molecular weight excluding hydrogens is 359 g/mol. The molecule has 0 radical (unpaired) electrons. The van der Waals surface area contributed by atoms with Gasteiger partial charge in [-0.2, -0.15) is 24.9 Å². The SMILES string of the molecule is CSCCC(O)(c1ccc(-c2ccc(C)cc2Cl)cn1)C(F)(F)F. The van der Waals surface area contributed by atoms with Gasteiger partial charge in [0.15, 0.2) is 0 Å². The molecule has 1 aromatic carbocycles. The number of aryl methyl sites for hydroxylation is 1. The van der Waals surface area contributed by atoms with Crippen molar-refractivity contribution < 1.29 is 18.3 Å². The molecule has 1 unspecified atom stereocenters. The van der Waals surface area contributed by atoms with Crippen molar-refractivity contribution in [1.29, 1.82) is 0 Å². The Morgan fingerprint density at radius 1 is 1.21 bits per heavy atom. The van der Waals surface area contributed by atoms with E-state index in [1.54, 1.807) is 18.4 Å². The van der Waals surface area contributed by atoms with Crippen molar-refractivity contribution in [1.82, 2.24) is 4.98 Å². The second-order valence-corrected chi connectivity index (χ2v) is 6.91. The van der Waals surface area contributed by atoms with Gasteiger partial charge in [-0.1, -0.05) is 29.8 Å². The van der Waals surface area contributed by atoms with Crippen molar-refractivity contribution in [2.75, 3.05) is 12.0 Å². The number of pyridine rings is 1. The number of rotatable bonds is 5. The maximum Gasteiger partial charge on any atom is 0.423 e. The molecule has 0 bridgehead atoms. The molecule has 7 heteroatoms. The van der Waals surface area contributed by atoms with E-state index in [0.29, 0.717) is 16.1 Å². The molecule has 0 aliphatic heterocycles. The number of hydrogen-bond donors (Lipinski definition) is 1. The Morgan fingerprint density at radius 3 is 2.42 bits per heavy atom. The first-order chi connectivity index (χ1) is 11.2. The van der Waals surface area contributed by atoms with Gasteiger partial charge in [-0.25, -0.2) is 0 Å². The van der Waals surface area contributed by atoms with Gasteiger partial charge in [0.2, 0.25) is 5.60 Å². The number of thioether (sulfide) groups is 1. The minimum absolute atomic E-state index is 0.170. The van der Waals surface area contributed by atoms with E-state index in [0.717, 1.165) is 5.56 Å². The van der Waals surface area contributed by atoms with Gasteiger partial charge in [0.05, 0.1) is 5.69 Å². The lowest BCUT2D eigenvalue weighted by atomic mass is 9.94. The van der Waals surface area contributed by atoms with Gasteiger partial charge in [0.1, 0.15) is 0 Å². The van der Waals surface area contributed by atoms with Gasteiger partial charge < -0.3 is 5.11 Å². The van der Waals surface area contributed by atoms with Crippen LogP contribution in [0.2, 0.25) is 5.02 Å². The number of halogens is 4. The quantitative estimate of drug-likeness (QED) is 0.778. The van der Waals surface area contributed by atoms with Gasteiger partial charge >= 0.3 is 6.18 Å². The molecule has 2 rings (SSSR count). The number of alkyl halides is 3. The molecule has 130 valence electrons. The Kier molecular flexibility index (Phi) is 5.83. The van der Waals surface area contributed by atoms with E-state index < -0.39 is 23.9 Å². The molecular formula is C17H17ClF3NOS. The smallest absolute Gasteiger partial charge is 0.375 e. The van der Waals surface area contributed by atoms with Crippen LogP contribution in [0.5, 0.6) is 0 Å². The van der Waals surface area contributed by atoms with E-state index >= 15 is 0 Å². The summed E-state index contributed by atoms with van der Waals surface area (Å²) in [5.41, 5.74) is -1.10. The summed E-state index contributed by atoms with van der Waals surface area (Å²) in [7, 11) is 0. The van der Waals surface area contributed by atoms with E-state index in [4.69, 9.17) is 11.6 Å². The van der Waals surface area contributed by atoms with Crippen molar-refractivity contribution >= 4 is 23.4 Å². The summed E-state index contributed by atoms with van der Waals surface area (Å²) in [6.07, 6.45) is -2.25. The van der Waals surface area contributed by atoms with Crippen LogP contribution < -0.4 is 0 Å². The molecule has 0 amide bonds. The minimum atomic E-state index is -4.79. The van der Waals surface area contributed by atoms with Crippen LogP contribution in [0.3, 0.4) is 0 Å². The van der Waals surface area contributed by atoms with Crippen LogP contribution in [0, 0.1) is 6.92 Å². The molecule has 1 N–H and O–H groups in total. The summed E-state index contributed by atoms with van der Waals surface area (Å²) >= 11 is 7.41. The third kappa shape index (κ3) is 3.87. The third-order valence-corrected chi connectivity index (χ3v) is 4.68. The molecule has 0 saturated heterocycles. The highest BCUT2D eigenvalue weighted by atomic mass is 35.5.